The van der Waals surface area contributed by atoms with Crippen LogP contribution in [0.1, 0.15) is 43.7 Å². The van der Waals surface area contributed by atoms with Crippen LogP contribution in [0.4, 0.5) is 0 Å². The highest BCUT2D eigenvalue weighted by molar-refractivity contribution is 5.35. The van der Waals surface area contributed by atoms with E-state index in [0.29, 0.717) is 11.8 Å². The molecule has 1 heterocycles. The lowest BCUT2D eigenvalue weighted by Crippen LogP contribution is -2.43. The third-order valence-corrected chi connectivity index (χ3v) is 4.06. The van der Waals surface area contributed by atoms with Crippen molar-refractivity contribution in [3.05, 3.63) is 29.3 Å². The van der Waals surface area contributed by atoms with Crippen molar-refractivity contribution in [3.63, 3.8) is 0 Å². The Bertz CT molecular complexity index is 413. The minimum Gasteiger partial charge on any atom is -0.508 e. The Balaban J connectivity index is 1.98. The van der Waals surface area contributed by atoms with Crippen LogP contribution < -0.4 is 5.32 Å². The molecule has 0 spiro atoms. The number of nitrogens with zero attached hydrogens (tertiary/aromatic N) is 1. The normalized spacial score (nSPS) is 19.4. The number of nitrogens with one attached hydrogen (secondary N) is 1. The molecule has 1 aliphatic heterocycles. The summed E-state index contributed by atoms with van der Waals surface area (Å²) in [6.45, 7) is 8.47. The molecule has 0 amide bonds. The van der Waals surface area contributed by atoms with Crippen molar-refractivity contribution in [2.45, 2.75) is 52.1 Å². The molecule has 112 valence electrons. The van der Waals surface area contributed by atoms with Crippen LogP contribution in [0.15, 0.2) is 18.2 Å². The van der Waals surface area contributed by atoms with E-state index in [1.165, 1.54) is 24.8 Å². The zero-order chi connectivity index (χ0) is 14.4. The van der Waals surface area contributed by atoms with E-state index < -0.39 is 0 Å². The molecule has 1 saturated heterocycles. The van der Waals surface area contributed by atoms with Gasteiger partial charge in [-0.3, -0.25) is 4.90 Å². The first-order valence-corrected chi connectivity index (χ1v) is 7.93. The highest BCUT2D eigenvalue weighted by atomic mass is 16.3. The Morgan fingerprint density at radius 3 is 2.90 bits per heavy atom. The molecule has 1 unspecified atom stereocenters. The van der Waals surface area contributed by atoms with Crippen molar-refractivity contribution >= 4 is 0 Å². The molecule has 1 aliphatic rings. The Labute approximate surface area is 123 Å². The van der Waals surface area contributed by atoms with E-state index in [1.54, 1.807) is 0 Å². The fraction of sp³-hybridized carbons (Fsp3) is 0.647. The van der Waals surface area contributed by atoms with Crippen molar-refractivity contribution < 1.29 is 5.11 Å². The van der Waals surface area contributed by atoms with E-state index in [2.05, 4.69) is 30.1 Å². The Morgan fingerprint density at radius 1 is 1.35 bits per heavy atom. The fourth-order valence-corrected chi connectivity index (χ4v) is 3.02. The average molecular weight is 276 g/mol. The molecule has 2 N–H and O–H groups in total. The second kappa shape index (κ2) is 7.65. The number of aryl methyl sites for hydroxylation is 1. The Morgan fingerprint density at radius 2 is 2.20 bits per heavy atom. The fourth-order valence-electron chi connectivity index (χ4n) is 3.02. The predicted octanol–water partition coefficient (Wildman–Crippen LogP) is 3.05. The van der Waals surface area contributed by atoms with E-state index in [1.807, 2.05) is 12.1 Å². The number of aromatic hydroxyl groups is 1. The zero-order valence-corrected chi connectivity index (χ0v) is 12.9. The van der Waals surface area contributed by atoms with Crippen LogP contribution in [0.5, 0.6) is 5.75 Å². The van der Waals surface area contributed by atoms with Crippen molar-refractivity contribution in [3.8, 4) is 5.75 Å². The number of benzene rings is 1. The zero-order valence-electron chi connectivity index (χ0n) is 12.9. The van der Waals surface area contributed by atoms with Gasteiger partial charge in [-0.2, -0.15) is 0 Å². The van der Waals surface area contributed by atoms with Gasteiger partial charge in [0.25, 0.3) is 0 Å². The van der Waals surface area contributed by atoms with Crippen LogP contribution in [0.2, 0.25) is 0 Å². The molecular weight excluding hydrogens is 248 g/mol. The lowest BCUT2D eigenvalue weighted by molar-refractivity contribution is 0.215. The molecule has 0 bridgehead atoms. The van der Waals surface area contributed by atoms with Gasteiger partial charge in [-0.25, -0.2) is 0 Å². The summed E-state index contributed by atoms with van der Waals surface area (Å²) < 4.78 is 0. The molecule has 1 fully saturated rings. The number of phenols is 1. The predicted molar refractivity (Wildman–Crippen MR) is 84.1 cm³/mol. The summed E-state index contributed by atoms with van der Waals surface area (Å²) in [5.74, 6) is 0.424. The number of piperidine rings is 1. The van der Waals surface area contributed by atoms with Crippen LogP contribution in [0, 0.1) is 6.92 Å². The van der Waals surface area contributed by atoms with Gasteiger partial charge in [0.05, 0.1) is 0 Å². The van der Waals surface area contributed by atoms with Crippen molar-refractivity contribution in [2.75, 3.05) is 19.6 Å². The van der Waals surface area contributed by atoms with Gasteiger partial charge in [0.2, 0.25) is 0 Å². The van der Waals surface area contributed by atoms with E-state index >= 15 is 0 Å². The lowest BCUT2D eigenvalue weighted by Gasteiger charge is -2.30. The smallest absolute Gasteiger partial charge is 0.120 e. The van der Waals surface area contributed by atoms with E-state index in [-0.39, 0.29) is 0 Å². The highest BCUT2D eigenvalue weighted by Gasteiger charge is 2.17. The van der Waals surface area contributed by atoms with E-state index in [9.17, 15) is 5.11 Å². The summed E-state index contributed by atoms with van der Waals surface area (Å²) in [5, 5.41) is 13.6. The Hall–Kier alpha value is -1.06. The Kier molecular flexibility index (Phi) is 5.86. The third kappa shape index (κ3) is 4.50. The minimum absolute atomic E-state index is 0.424. The van der Waals surface area contributed by atoms with Gasteiger partial charge in [0.15, 0.2) is 0 Å². The maximum Gasteiger partial charge on any atom is 0.120 e. The summed E-state index contributed by atoms with van der Waals surface area (Å²) in [7, 11) is 0. The second-order valence-corrected chi connectivity index (χ2v) is 6.01. The molecule has 0 saturated carbocycles. The molecule has 20 heavy (non-hydrogen) atoms. The summed E-state index contributed by atoms with van der Waals surface area (Å²) >= 11 is 0. The van der Waals surface area contributed by atoms with Crippen molar-refractivity contribution in [1.29, 1.82) is 0 Å². The van der Waals surface area contributed by atoms with Gasteiger partial charge < -0.3 is 10.4 Å². The molecule has 0 aliphatic carbocycles. The first-order chi connectivity index (χ1) is 9.69. The number of hydrogen-bond donors (Lipinski definition) is 2. The number of rotatable bonds is 6. The first kappa shape index (κ1) is 15.3. The maximum atomic E-state index is 10.0. The molecule has 1 aromatic carbocycles. The highest BCUT2D eigenvalue weighted by Crippen LogP contribution is 2.21. The first-order valence-electron chi connectivity index (χ1n) is 7.93. The van der Waals surface area contributed by atoms with Crippen molar-refractivity contribution in [1.82, 2.24) is 10.2 Å². The van der Waals surface area contributed by atoms with Crippen LogP contribution in [0.3, 0.4) is 0 Å². The minimum atomic E-state index is 0.424. The standard InChI is InChI=1S/C17H28N2O/c1-3-10-19(13-16-6-4-5-9-18-16)12-15-11-14(2)7-8-17(15)20/h7-8,11,16,18,20H,3-6,9-10,12-13H2,1-2H3. The summed E-state index contributed by atoms with van der Waals surface area (Å²) in [6, 6.07) is 6.49. The van der Waals surface area contributed by atoms with Gasteiger partial charge in [-0.15, -0.1) is 0 Å². The quantitative estimate of drug-likeness (QED) is 0.838. The van der Waals surface area contributed by atoms with E-state index in [0.717, 1.165) is 38.2 Å². The van der Waals surface area contributed by atoms with Gasteiger partial charge in [-0.1, -0.05) is 31.0 Å². The van der Waals surface area contributed by atoms with E-state index in [4.69, 9.17) is 0 Å². The topological polar surface area (TPSA) is 35.5 Å². The SMILES string of the molecule is CCCN(Cc1cc(C)ccc1O)CC1CCCCN1. The molecule has 3 nitrogen and oxygen atoms in total. The molecule has 3 heteroatoms. The lowest BCUT2D eigenvalue weighted by atomic mass is 10.0. The molecule has 2 rings (SSSR count). The number of hydrogen-bond acceptors (Lipinski definition) is 3. The van der Waals surface area contributed by atoms with Crippen LogP contribution in [-0.4, -0.2) is 35.7 Å². The number of phenolic OH excluding ortho intramolecular Hbond substituents is 1. The molecule has 1 atom stereocenters. The van der Waals surface area contributed by atoms with Crippen LogP contribution in [-0.2, 0) is 6.54 Å². The molecule has 0 aromatic heterocycles. The summed E-state index contributed by atoms with van der Waals surface area (Å²) in [5.41, 5.74) is 2.26. The summed E-state index contributed by atoms with van der Waals surface area (Å²) in [4.78, 5) is 2.47. The maximum absolute atomic E-state index is 10.0. The van der Waals surface area contributed by atoms with Crippen LogP contribution >= 0.6 is 0 Å². The van der Waals surface area contributed by atoms with Crippen molar-refractivity contribution in [2.24, 2.45) is 0 Å². The molecule has 0 radical (unpaired) electrons. The van der Waals surface area contributed by atoms with Gasteiger partial charge in [0.1, 0.15) is 5.75 Å². The van der Waals surface area contributed by atoms with Crippen LogP contribution in [0.25, 0.3) is 0 Å². The second-order valence-electron chi connectivity index (χ2n) is 6.01. The van der Waals surface area contributed by atoms with Gasteiger partial charge >= 0.3 is 0 Å². The monoisotopic (exact) mass is 276 g/mol. The third-order valence-electron chi connectivity index (χ3n) is 4.06. The molecular formula is C17H28N2O. The molecule has 1 aromatic rings. The van der Waals surface area contributed by atoms with Gasteiger partial charge in [0, 0.05) is 24.7 Å². The van der Waals surface area contributed by atoms with Gasteiger partial charge in [-0.05, 0) is 45.3 Å². The average Bonchev–Trinajstić information content (AvgIpc) is 2.44. The largest absolute Gasteiger partial charge is 0.508 e. The summed E-state index contributed by atoms with van der Waals surface area (Å²) in [6.07, 6.45) is 5.08.